The molecule has 0 radical (unpaired) electrons. The molecule has 2 amide bonds. The number of rotatable bonds is 5. The predicted molar refractivity (Wildman–Crippen MR) is 125 cm³/mol. The minimum atomic E-state index is -0.348. The van der Waals surface area contributed by atoms with Gasteiger partial charge in [-0.15, -0.1) is 0 Å². The van der Waals surface area contributed by atoms with Gasteiger partial charge >= 0.3 is 0 Å². The summed E-state index contributed by atoms with van der Waals surface area (Å²) in [4.78, 5) is 30.2. The van der Waals surface area contributed by atoms with E-state index in [0.29, 0.717) is 28.5 Å². The van der Waals surface area contributed by atoms with Crippen LogP contribution in [0.1, 0.15) is 22.3 Å². The lowest BCUT2D eigenvalue weighted by Gasteiger charge is -2.22. The van der Waals surface area contributed by atoms with E-state index in [2.05, 4.69) is 0 Å². The van der Waals surface area contributed by atoms with Crippen LogP contribution in [0.3, 0.4) is 0 Å². The Morgan fingerprint density at radius 1 is 0.871 bits per heavy atom. The van der Waals surface area contributed by atoms with Gasteiger partial charge in [0.25, 0.3) is 11.8 Å². The van der Waals surface area contributed by atoms with Crippen LogP contribution >= 0.6 is 11.6 Å². The summed E-state index contributed by atoms with van der Waals surface area (Å²) in [5.41, 5.74) is 5.00. The molecule has 0 unspecified atom stereocenters. The van der Waals surface area contributed by atoms with Gasteiger partial charge in [-0.2, -0.15) is 0 Å². The molecule has 0 atom stereocenters. The first-order valence-corrected chi connectivity index (χ1v) is 10.5. The van der Waals surface area contributed by atoms with Crippen molar-refractivity contribution in [3.63, 3.8) is 0 Å². The van der Waals surface area contributed by atoms with Crippen molar-refractivity contribution in [1.29, 1.82) is 0 Å². The maximum absolute atomic E-state index is 13.6. The quantitative estimate of drug-likeness (QED) is 0.511. The minimum Gasteiger partial charge on any atom is -0.365 e. The van der Waals surface area contributed by atoms with Gasteiger partial charge in [-0.1, -0.05) is 77.8 Å². The van der Waals surface area contributed by atoms with E-state index in [1.54, 1.807) is 12.1 Å². The summed E-state index contributed by atoms with van der Waals surface area (Å²) >= 11 is 6.29. The first kappa shape index (κ1) is 20.9. The number of imide groups is 1. The average molecular weight is 431 g/mol. The number of hydrogen-bond donors (Lipinski definition) is 0. The maximum Gasteiger partial charge on any atom is 0.282 e. The van der Waals surface area contributed by atoms with Crippen LogP contribution in [0.4, 0.5) is 5.69 Å². The Kier molecular flexibility index (Phi) is 5.66. The summed E-state index contributed by atoms with van der Waals surface area (Å²) in [6, 6.07) is 22.8. The lowest BCUT2D eigenvalue weighted by Crippen LogP contribution is -2.34. The molecule has 3 aromatic rings. The van der Waals surface area contributed by atoms with Gasteiger partial charge in [-0.25, -0.2) is 4.90 Å². The van der Waals surface area contributed by atoms with E-state index >= 15 is 0 Å². The highest BCUT2D eigenvalue weighted by atomic mass is 35.5. The Hall–Kier alpha value is -3.37. The molecule has 3 aromatic carbocycles. The van der Waals surface area contributed by atoms with Gasteiger partial charge in [0.2, 0.25) is 0 Å². The normalized spacial score (nSPS) is 13.9. The van der Waals surface area contributed by atoms with Crippen molar-refractivity contribution in [3.05, 3.63) is 106 Å². The Labute approximate surface area is 187 Å². The highest BCUT2D eigenvalue weighted by Gasteiger charge is 2.41. The SMILES string of the molecule is Cc1ccc(C2=C(N(C)Cc3ccccc3)C(=O)N(c3ccc(C)c(Cl)c3)C2=O)cc1. The second-order valence-corrected chi connectivity index (χ2v) is 8.22. The molecule has 1 aliphatic rings. The molecule has 0 saturated carbocycles. The van der Waals surface area contributed by atoms with E-state index < -0.39 is 0 Å². The molecule has 4 nitrogen and oxygen atoms in total. The number of amides is 2. The monoisotopic (exact) mass is 430 g/mol. The average Bonchev–Trinajstić information content (AvgIpc) is 3.02. The van der Waals surface area contributed by atoms with E-state index in [1.807, 2.05) is 86.5 Å². The summed E-state index contributed by atoms with van der Waals surface area (Å²) < 4.78 is 0. The van der Waals surface area contributed by atoms with E-state index in [0.717, 1.165) is 22.3 Å². The van der Waals surface area contributed by atoms with Crippen molar-refractivity contribution >= 4 is 34.7 Å². The fraction of sp³-hybridized carbons (Fsp3) is 0.154. The second kappa shape index (κ2) is 8.40. The lowest BCUT2D eigenvalue weighted by atomic mass is 10.0. The molecule has 5 heteroatoms. The number of benzene rings is 3. The number of likely N-dealkylation sites (N-methyl/N-ethyl adjacent to an activating group) is 1. The van der Waals surface area contributed by atoms with Gasteiger partial charge < -0.3 is 4.90 Å². The zero-order chi connectivity index (χ0) is 22.1. The minimum absolute atomic E-state index is 0.344. The number of aryl methyl sites for hydroxylation is 2. The van der Waals surface area contributed by atoms with Crippen LogP contribution in [0.15, 0.2) is 78.5 Å². The third-order valence-corrected chi connectivity index (χ3v) is 5.86. The summed E-state index contributed by atoms with van der Waals surface area (Å²) in [5, 5.41) is 0.515. The number of carbonyl (C=O) groups excluding carboxylic acids is 2. The molecule has 0 spiro atoms. The van der Waals surface area contributed by atoms with Crippen LogP contribution < -0.4 is 4.90 Å². The first-order valence-electron chi connectivity index (χ1n) is 10.1. The van der Waals surface area contributed by atoms with Gasteiger partial charge in [0.1, 0.15) is 5.70 Å². The smallest absolute Gasteiger partial charge is 0.282 e. The Morgan fingerprint density at radius 2 is 1.55 bits per heavy atom. The number of carbonyl (C=O) groups is 2. The van der Waals surface area contributed by atoms with E-state index in [-0.39, 0.29) is 11.8 Å². The van der Waals surface area contributed by atoms with Crippen molar-refractivity contribution in [2.45, 2.75) is 20.4 Å². The molecule has 0 saturated heterocycles. The van der Waals surface area contributed by atoms with Crippen LogP contribution in [-0.4, -0.2) is 23.8 Å². The van der Waals surface area contributed by atoms with Gasteiger partial charge in [0.05, 0.1) is 11.3 Å². The summed E-state index contributed by atoms with van der Waals surface area (Å²) in [6.07, 6.45) is 0. The predicted octanol–water partition coefficient (Wildman–Crippen LogP) is 5.37. The molecule has 0 fully saturated rings. The van der Waals surface area contributed by atoms with E-state index in [4.69, 9.17) is 11.6 Å². The Bertz CT molecular complexity index is 1180. The van der Waals surface area contributed by atoms with Crippen LogP contribution in [-0.2, 0) is 16.1 Å². The summed E-state index contributed by atoms with van der Waals surface area (Å²) in [6.45, 7) is 4.38. The molecule has 4 rings (SSSR count). The summed E-state index contributed by atoms with van der Waals surface area (Å²) in [5.74, 6) is -0.692. The van der Waals surface area contributed by atoms with E-state index in [1.165, 1.54) is 4.90 Å². The second-order valence-electron chi connectivity index (χ2n) is 7.81. The number of anilines is 1. The molecule has 31 heavy (non-hydrogen) atoms. The Morgan fingerprint density at radius 3 is 2.19 bits per heavy atom. The standard InChI is InChI=1S/C26H23ClN2O2/c1-17-9-12-20(13-10-17)23-24(28(3)16-19-7-5-4-6-8-19)26(31)29(25(23)30)21-14-11-18(2)22(27)15-21/h4-15H,16H2,1-3H3. The van der Waals surface area contributed by atoms with Gasteiger partial charge in [0.15, 0.2) is 0 Å². The lowest BCUT2D eigenvalue weighted by molar-refractivity contribution is -0.120. The third kappa shape index (κ3) is 3.99. The van der Waals surface area contributed by atoms with Crippen molar-refractivity contribution in [2.75, 3.05) is 11.9 Å². The van der Waals surface area contributed by atoms with Crippen LogP contribution in [0.25, 0.3) is 5.57 Å². The van der Waals surface area contributed by atoms with Crippen molar-refractivity contribution in [1.82, 2.24) is 4.90 Å². The molecule has 1 heterocycles. The third-order valence-electron chi connectivity index (χ3n) is 5.46. The van der Waals surface area contributed by atoms with Crippen molar-refractivity contribution in [2.24, 2.45) is 0 Å². The first-order chi connectivity index (χ1) is 14.9. The summed E-state index contributed by atoms with van der Waals surface area (Å²) in [7, 11) is 1.84. The highest BCUT2D eigenvalue weighted by molar-refractivity contribution is 6.45. The van der Waals surface area contributed by atoms with Gasteiger partial charge in [-0.05, 0) is 42.7 Å². The van der Waals surface area contributed by atoms with Crippen LogP contribution in [0.2, 0.25) is 5.02 Å². The van der Waals surface area contributed by atoms with E-state index in [9.17, 15) is 9.59 Å². The molecule has 1 aliphatic heterocycles. The Balaban J connectivity index is 1.80. The molecular formula is C26H23ClN2O2. The number of nitrogens with zero attached hydrogens (tertiary/aromatic N) is 2. The van der Waals surface area contributed by atoms with Gasteiger partial charge in [0, 0.05) is 18.6 Å². The van der Waals surface area contributed by atoms with Crippen molar-refractivity contribution < 1.29 is 9.59 Å². The number of hydrogen-bond acceptors (Lipinski definition) is 3. The van der Waals surface area contributed by atoms with Crippen molar-refractivity contribution in [3.8, 4) is 0 Å². The molecule has 156 valence electrons. The highest BCUT2D eigenvalue weighted by Crippen LogP contribution is 2.36. The zero-order valence-electron chi connectivity index (χ0n) is 17.7. The topological polar surface area (TPSA) is 40.6 Å². The fourth-order valence-electron chi connectivity index (χ4n) is 3.74. The van der Waals surface area contributed by atoms with Crippen LogP contribution in [0.5, 0.6) is 0 Å². The fourth-order valence-corrected chi connectivity index (χ4v) is 3.92. The molecule has 0 aromatic heterocycles. The molecular weight excluding hydrogens is 408 g/mol. The van der Waals surface area contributed by atoms with Crippen LogP contribution in [0, 0.1) is 13.8 Å². The zero-order valence-corrected chi connectivity index (χ0v) is 18.5. The molecule has 0 N–H and O–H groups in total. The maximum atomic E-state index is 13.6. The largest absolute Gasteiger partial charge is 0.365 e. The molecule has 0 bridgehead atoms. The van der Waals surface area contributed by atoms with Gasteiger partial charge in [-0.3, -0.25) is 9.59 Å². The molecule has 0 aliphatic carbocycles. The number of halogens is 1.